The highest BCUT2D eigenvalue weighted by Crippen LogP contribution is 2.32. The summed E-state index contributed by atoms with van der Waals surface area (Å²) >= 11 is 1.43. The molecule has 0 spiro atoms. The van der Waals surface area contributed by atoms with Crippen molar-refractivity contribution in [3.05, 3.63) is 52.1 Å². The lowest BCUT2D eigenvalue weighted by Crippen LogP contribution is -2.51. The first-order valence-corrected chi connectivity index (χ1v) is 10.8. The van der Waals surface area contributed by atoms with Crippen LogP contribution in [0.4, 0.5) is 15.6 Å². The minimum absolute atomic E-state index is 0.0590. The summed E-state index contributed by atoms with van der Waals surface area (Å²) in [6.45, 7) is 2.80. The number of ether oxygens (including phenoxy) is 2. The number of nitro benzene ring substituents is 1. The Morgan fingerprint density at radius 2 is 1.88 bits per heavy atom. The summed E-state index contributed by atoms with van der Waals surface area (Å²) in [6, 6.07) is 10.1. The van der Waals surface area contributed by atoms with E-state index in [4.69, 9.17) is 9.47 Å². The number of nitrogens with one attached hydrogen (secondary N) is 1. The molecule has 2 heterocycles. The number of anilines is 1. The van der Waals surface area contributed by atoms with Crippen LogP contribution in [0.1, 0.15) is 5.56 Å². The number of rotatable bonds is 6. The highest BCUT2D eigenvalue weighted by molar-refractivity contribution is 7.22. The second kappa shape index (κ2) is 9.27. The second-order valence-electron chi connectivity index (χ2n) is 7.23. The zero-order valence-electron chi connectivity index (χ0n) is 17.7. The SMILES string of the molecule is COc1ccc(CNC(=O)N2CCN(c3nc4ccc([N+](=O)[O-])cc4s3)CC2)cc1OC. The van der Waals surface area contributed by atoms with E-state index in [1.165, 1.54) is 17.4 Å². The summed E-state index contributed by atoms with van der Waals surface area (Å²) < 4.78 is 11.3. The lowest BCUT2D eigenvalue weighted by molar-refractivity contribution is -0.384. The number of amides is 2. The molecule has 0 saturated carbocycles. The number of hydrogen-bond acceptors (Lipinski definition) is 8. The van der Waals surface area contributed by atoms with Crippen molar-refractivity contribution in [3.8, 4) is 11.5 Å². The highest BCUT2D eigenvalue weighted by atomic mass is 32.1. The van der Waals surface area contributed by atoms with E-state index in [0.717, 1.165) is 20.9 Å². The average Bonchev–Trinajstić information content (AvgIpc) is 3.25. The first kappa shape index (κ1) is 21.6. The van der Waals surface area contributed by atoms with Crippen molar-refractivity contribution in [2.45, 2.75) is 6.54 Å². The molecule has 10 nitrogen and oxygen atoms in total. The van der Waals surface area contributed by atoms with Crippen molar-refractivity contribution >= 4 is 38.4 Å². The minimum atomic E-state index is -0.405. The monoisotopic (exact) mass is 457 g/mol. The average molecular weight is 458 g/mol. The van der Waals surface area contributed by atoms with Crippen LogP contribution in [0.2, 0.25) is 0 Å². The van der Waals surface area contributed by atoms with E-state index in [1.807, 2.05) is 18.2 Å². The second-order valence-corrected chi connectivity index (χ2v) is 8.24. The molecule has 0 radical (unpaired) electrons. The van der Waals surface area contributed by atoms with Crippen LogP contribution >= 0.6 is 11.3 Å². The van der Waals surface area contributed by atoms with Crippen molar-refractivity contribution in [2.24, 2.45) is 0 Å². The number of thiazole rings is 1. The van der Waals surface area contributed by atoms with Crippen LogP contribution in [0.3, 0.4) is 0 Å². The Labute approximate surface area is 188 Å². The Hall–Kier alpha value is -3.60. The van der Waals surface area contributed by atoms with E-state index < -0.39 is 4.92 Å². The van der Waals surface area contributed by atoms with Gasteiger partial charge in [0, 0.05) is 44.9 Å². The normalized spacial score (nSPS) is 13.8. The number of non-ortho nitro benzene ring substituents is 1. The predicted molar refractivity (Wildman–Crippen MR) is 122 cm³/mol. The summed E-state index contributed by atoms with van der Waals surface area (Å²) in [4.78, 5) is 31.6. The standard InChI is InChI=1S/C21H23N5O5S/c1-30-17-6-3-14(11-18(17)31-2)13-22-20(27)24-7-9-25(10-8-24)21-23-16-5-4-15(26(28)29)12-19(16)32-21/h3-6,11-12H,7-10,13H2,1-2H3,(H,22,27). The maximum absolute atomic E-state index is 12.6. The molecule has 0 unspecified atom stereocenters. The molecule has 1 aliphatic rings. The van der Waals surface area contributed by atoms with Crippen LogP contribution in [0.5, 0.6) is 11.5 Å². The molecule has 2 amide bonds. The van der Waals surface area contributed by atoms with Crippen molar-refractivity contribution in [1.82, 2.24) is 15.2 Å². The van der Waals surface area contributed by atoms with Gasteiger partial charge >= 0.3 is 6.03 Å². The van der Waals surface area contributed by atoms with Gasteiger partial charge in [0.05, 0.1) is 29.4 Å². The van der Waals surface area contributed by atoms with Crippen LogP contribution in [0.25, 0.3) is 10.2 Å². The third-order valence-electron chi connectivity index (χ3n) is 5.30. The van der Waals surface area contributed by atoms with Gasteiger partial charge in [-0.05, 0) is 23.8 Å². The van der Waals surface area contributed by atoms with Gasteiger partial charge < -0.3 is 24.6 Å². The van der Waals surface area contributed by atoms with Crippen molar-refractivity contribution < 1.29 is 19.2 Å². The molecule has 0 bridgehead atoms. The smallest absolute Gasteiger partial charge is 0.317 e. The van der Waals surface area contributed by atoms with E-state index in [0.29, 0.717) is 44.2 Å². The number of hydrogen-bond donors (Lipinski definition) is 1. The molecule has 1 aromatic heterocycles. The number of fused-ring (bicyclic) bond motifs is 1. The van der Waals surface area contributed by atoms with E-state index in [2.05, 4.69) is 15.2 Å². The number of aromatic nitrogens is 1. The predicted octanol–water partition coefficient (Wildman–Crippen LogP) is 3.25. The highest BCUT2D eigenvalue weighted by Gasteiger charge is 2.23. The molecule has 1 N–H and O–H groups in total. The number of carbonyl (C=O) groups excluding carboxylic acids is 1. The fourth-order valence-electron chi connectivity index (χ4n) is 3.53. The number of nitro groups is 1. The van der Waals surface area contributed by atoms with Gasteiger partial charge in [0.2, 0.25) is 0 Å². The molecular weight excluding hydrogens is 434 g/mol. The number of nitrogens with zero attached hydrogens (tertiary/aromatic N) is 4. The Kier molecular flexibility index (Phi) is 6.26. The first-order valence-electron chi connectivity index (χ1n) is 10.0. The summed E-state index contributed by atoms with van der Waals surface area (Å²) in [6.07, 6.45) is 0. The molecule has 1 fully saturated rings. The van der Waals surface area contributed by atoms with Crippen molar-refractivity contribution in [2.75, 3.05) is 45.3 Å². The molecular formula is C21H23N5O5S. The molecule has 11 heteroatoms. The quantitative estimate of drug-likeness (QED) is 0.447. The van der Waals surface area contributed by atoms with Crippen molar-refractivity contribution in [3.63, 3.8) is 0 Å². The molecule has 2 aromatic carbocycles. The van der Waals surface area contributed by atoms with Crippen LogP contribution in [-0.2, 0) is 6.54 Å². The third-order valence-corrected chi connectivity index (χ3v) is 6.38. The third kappa shape index (κ3) is 4.52. The zero-order valence-corrected chi connectivity index (χ0v) is 18.6. The van der Waals surface area contributed by atoms with Gasteiger partial charge in [-0.1, -0.05) is 17.4 Å². The van der Waals surface area contributed by atoms with Crippen LogP contribution in [0, 0.1) is 10.1 Å². The maximum atomic E-state index is 12.6. The lowest BCUT2D eigenvalue weighted by Gasteiger charge is -2.34. The molecule has 4 rings (SSSR count). The molecule has 1 saturated heterocycles. The molecule has 1 aliphatic heterocycles. The number of carbonyl (C=O) groups is 1. The summed E-state index contributed by atoms with van der Waals surface area (Å²) in [5.74, 6) is 1.26. The van der Waals surface area contributed by atoms with E-state index in [1.54, 1.807) is 31.3 Å². The topological polar surface area (TPSA) is 110 Å². The Morgan fingerprint density at radius 1 is 1.12 bits per heavy atom. The summed E-state index contributed by atoms with van der Waals surface area (Å²) in [5.41, 5.74) is 1.72. The summed E-state index contributed by atoms with van der Waals surface area (Å²) in [5, 5.41) is 14.7. The number of methoxy groups -OCH3 is 2. The van der Waals surface area contributed by atoms with Gasteiger partial charge in [-0.15, -0.1) is 0 Å². The van der Waals surface area contributed by atoms with Crippen molar-refractivity contribution in [1.29, 1.82) is 0 Å². The van der Waals surface area contributed by atoms with Gasteiger partial charge in [-0.25, -0.2) is 9.78 Å². The number of piperazine rings is 1. The van der Waals surface area contributed by atoms with Gasteiger partial charge in [-0.2, -0.15) is 0 Å². The Morgan fingerprint density at radius 3 is 2.56 bits per heavy atom. The van der Waals surface area contributed by atoms with Gasteiger partial charge in [0.25, 0.3) is 5.69 Å². The molecule has 0 aliphatic carbocycles. The largest absolute Gasteiger partial charge is 0.493 e. The van der Waals surface area contributed by atoms with E-state index in [9.17, 15) is 14.9 Å². The number of benzene rings is 2. The first-order chi connectivity index (χ1) is 15.5. The fraction of sp³-hybridized carbons (Fsp3) is 0.333. The lowest BCUT2D eigenvalue weighted by atomic mass is 10.2. The maximum Gasteiger partial charge on any atom is 0.317 e. The molecule has 0 atom stereocenters. The van der Waals surface area contributed by atoms with Crippen LogP contribution in [0.15, 0.2) is 36.4 Å². The minimum Gasteiger partial charge on any atom is -0.493 e. The van der Waals surface area contributed by atoms with Crippen LogP contribution in [-0.4, -0.2) is 61.2 Å². The molecule has 168 valence electrons. The molecule has 3 aromatic rings. The fourth-order valence-corrected chi connectivity index (χ4v) is 4.58. The van der Waals surface area contributed by atoms with Gasteiger partial charge in [0.1, 0.15) is 0 Å². The zero-order chi connectivity index (χ0) is 22.7. The van der Waals surface area contributed by atoms with Gasteiger partial charge in [0.15, 0.2) is 16.6 Å². The van der Waals surface area contributed by atoms with Gasteiger partial charge in [-0.3, -0.25) is 10.1 Å². The Bertz CT molecular complexity index is 1140. The molecule has 32 heavy (non-hydrogen) atoms. The summed E-state index contributed by atoms with van der Waals surface area (Å²) in [7, 11) is 3.16. The van der Waals surface area contributed by atoms with Crippen LogP contribution < -0.4 is 19.7 Å². The van der Waals surface area contributed by atoms with E-state index in [-0.39, 0.29) is 11.7 Å². The van der Waals surface area contributed by atoms with E-state index >= 15 is 0 Å². The Balaban J connectivity index is 1.33. The number of urea groups is 1.